The molecule has 2 rings (SSSR count). The number of hydrogen-bond acceptors (Lipinski definition) is 2. The Morgan fingerprint density at radius 1 is 1.06 bits per heavy atom. The Morgan fingerprint density at radius 2 is 1.71 bits per heavy atom. The Kier molecular flexibility index (Phi) is 2.97. The fourth-order valence-corrected chi connectivity index (χ4v) is 2.50. The van der Waals surface area contributed by atoms with Crippen molar-refractivity contribution in [2.75, 3.05) is 13.1 Å². The molecule has 17 heavy (non-hydrogen) atoms. The van der Waals surface area contributed by atoms with Crippen molar-refractivity contribution in [2.24, 2.45) is 10.4 Å². The van der Waals surface area contributed by atoms with Crippen LogP contribution in [0, 0.1) is 5.41 Å². The molecule has 0 fully saturated rings. The Balaban J connectivity index is 2.14. The summed E-state index contributed by atoms with van der Waals surface area (Å²) in [5.41, 5.74) is 4.81. The second-order valence-corrected chi connectivity index (χ2v) is 7.38. The molecule has 2 heteroatoms. The van der Waals surface area contributed by atoms with Crippen LogP contribution in [0.15, 0.2) is 16.3 Å². The van der Waals surface area contributed by atoms with Crippen LogP contribution in [0.2, 0.25) is 0 Å². The molecule has 0 N–H and O–H groups in total. The summed E-state index contributed by atoms with van der Waals surface area (Å²) in [7, 11) is 0. The quantitative estimate of drug-likeness (QED) is 0.625. The van der Waals surface area contributed by atoms with Gasteiger partial charge in [0.1, 0.15) is 0 Å². The Hall–Kier alpha value is -0.630. The average molecular weight is 234 g/mol. The molecule has 0 spiro atoms. The maximum Gasteiger partial charge on any atom is 0.0540 e. The lowest BCUT2D eigenvalue weighted by Gasteiger charge is -2.38. The summed E-state index contributed by atoms with van der Waals surface area (Å²) in [5.74, 6) is 0. The monoisotopic (exact) mass is 234 g/mol. The number of aliphatic imine (C=N–C) groups is 1. The highest BCUT2D eigenvalue weighted by molar-refractivity contribution is 5.94. The zero-order valence-corrected chi connectivity index (χ0v) is 12.2. The van der Waals surface area contributed by atoms with Gasteiger partial charge in [-0.2, -0.15) is 0 Å². The van der Waals surface area contributed by atoms with Crippen LogP contribution in [0.1, 0.15) is 54.4 Å². The molecular formula is C15H26N2. The molecule has 0 aliphatic carbocycles. The van der Waals surface area contributed by atoms with Gasteiger partial charge in [0.05, 0.1) is 5.70 Å². The lowest BCUT2D eigenvalue weighted by molar-refractivity contribution is 0.144. The van der Waals surface area contributed by atoms with Crippen molar-refractivity contribution in [1.29, 1.82) is 0 Å². The minimum Gasteiger partial charge on any atom is -0.292 e. The fourth-order valence-electron chi connectivity index (χ4n) is 2.50. The van der Waals surface area contributed by atoms with E-state index < -0.39 is 0 Å². The van der Waals surface area contributed by atoms with Gasteiger partial charge < -0.3 is 0 Å². The zero-order valence-electron chi connectivity index (χ0n) is 12.2. The van der Waals surface area contributed by atoms with Gasteiger partial charge in [-0.25, -0.2) is 0 Å². The van der Waals surface area contributed by atoms with E-state index in [0.717, 1.165) is 13.0 Å². The van der Waals surface area contributed by atoms with Gasteiger partial charge in [-0.15, -0.1) is 0 Å². The van der Waals surface area contributed by atoms with E-state index in [1.807, 2.05) is 0 Å². The first-order chi connectivity index (χ1) is 7.68. The Bertz CT molecular complexity index is 375. The largest absolute Gasteiger partial charge is 0.292 e. The van der Waals surface area contributed by atoms with Crippen LogP contribution in [-0.2, 0) is 0 Å². The molecule has 96 valence electrons. The van der Waals surface area contributed by atoms with Crippen LogP contribution in [0.3, 0.4) is 0 Å². The summed E-state index contributed by atoms with van der Waals surface area (Å²) in [6.07, 6.45) is 2.33. The van der Waals surface area contributed by atoms with E-state index in [-0.39, 0.29) is 11.0 Å². The van der Waals surface area contributed by atoms with Crippen molar-refractivity contribution in [3.05, 3.63) is 11.3 Å². The second-order valence-electron chi connectivity index (χ2n) is 7.38. The van der Waals surface area contributed by atoms with E-state index in [9.17, 15) is 0 Å². The van der Waals surface area contributed by atoms with Crippen molar-refractivity contribution in [3.63, 3.8) is 0 Å². The predicted molar refractivity (Wildman–Crippen MR) is 74.5 cm³/mol. The van der Waals surface area contributed by atoms with Crippen molar-refractivity contribution in [2.45, 2.75) is 59.9 Å². The lowest BCUT2D eigenvalue weighted by Crippen LogP contribution is -2.44. The van der Waals surface area contributed by atoms with Crippen molar-refractivity contribution >= 4 is 5.71 Å². The third-order valence-corrected chi connectivity index (χ3v) is 3.90. The molecule has 0 amide bonds. The Morgan fingerprint density at radius 3 is 2.24 bits per heavy atom. The highest BCUT2D eigenvalue weighted by Gasteiger charge is 2.32. The van der Waals surface area contributed by atoms with Crippen LogP contribution in [0.5, 0.6) is 0 Å². The molecule has 2 nitrogen and oxygen atoms in total. The van der Waals surface area contributed by atoms with E-state index in [2.05, 4.69) is 46.4 Å². The molecule has 2 aliphatic rings. The van der Waals surface area contributed by atoms with Crippen LogP contribution < -0.4 is 0 Å². The lowest BCUT2D eigenvalue weighted by atomic mass is 9.86. The Labute approximate surface area is 106 Å². The average Bonchev–Trinajstić information content (AvgIpc) is 2.57. The van der Waals surface area contributed by atoms with Crippen LogP contribution in [-0.4, -0.2) is 29.2 Å². The van der Waals surface area contributed by atoms with E-state index in [1.165, 1.54) is 24.4 Å². The first-order valence-corrected chi connectivity index (χ1v) is 6.72. The normalized spacial score (nSPS) is 22.8. The second kappa shape index (κ2) is 3.94. The maximum absolute atomic E-state index is 4.90. The minimum absolute atomic E-state index is 0.226. The van der Waals surface area contributed by atoms with Crippen LogP contribution >= 0.6 is 0 Å². The third-order valence-electron chi connectivity index (χ3n) is 3.90. The first-order valence-electron chi connectivity index (χ1n) is 6.72. The van der Waals surface area contributed by atoms with Crippen LogP contribution in [0.25, 0.3) is 0 Å². The smallest absolute Gasteiger partial charge is 0.0540 e. The fraction of sp³-hybridized carbons (Fsp3) is 0.800. The van der Waals surface area contributed by atoms with Gasteiger partial charge in [-0.3, -0.25) is 9.89 Å². The minimum atomic E-state index is 0.226. The molecule has 0 aromatic heterocycles. The highest BCUT2D eigenvalue weighted by atomic mass is 15.2. The maximum atomic E-state index is 4.90. The van der Waals surface area contributed by atoms with Gasteiger partial charge in [0.15, 0.2) is 0 Å². The molecule has 0 bridgehead atoms. The van der Waals surface area contributed by atoms with Gasteiger partial charge in [0.25, 0.3) is 0 Å². The molecular weight excluding hydrogens is 208 g/mol. The molecule has 0 aromatic rings. The van der Waals surface area contributed by atoms with E-state index in [1.54, 1.807) is 5.57 Å². The summed E-state index contributed by atoms with van der Waals surface area (Å²) in [6, 6.07) is 0. The number of nitrogens with zero attached hydrogens (tertiary/aromatic N) is 2. The van der Waals surface area contributed by atoms with Gasteiger partial charge in [-0.1, -0.05) is 20.8 Å². The van der Waals surface area contributed by atoms with Crippen molar-refractivity contribution < 1.29 is 0 Å². The van der Waals surface area contributed by atoms with Gasteiger partial charge >= 0.3 is 0 Å². The van der Waals surface area contributed by atoms with Crippen molar-refractivity contribution in [1.82, 2.24) is 4.90 Å². The molecule has 0 atom stereocenters. The molecule has 0 radical (unpaired) electrons. The molecule has 0 saturated carbocycles. The van der Waals surface area contributed by atoms with E-state index in [4.69, 9.17) is 4.99 Å². The SMILES string of the molecule is CC(C)(C)C1=NC2=C(CCN(C(C)(C)C)C2)C1. The van der Waals surface area contributed by atoms with Gasteiger partial charge in [0.2, 0.25) is 0 Å². The topological polar surface area (TPSA) is 15.6 Å². The van der Waals surface area contributed by atoms with Crippen molar-refractivity contribution in [3.8, 4) is 0 Å². The zero-order chi connectivity index (χ0) is 12.8. The number of hydrogen-bond donors (Lipinski definition) is 0. The molecule has 2 aliphatic heterocycles. The standard InChI is InChI=1S/C15H26N2/c1-14(2,3)13-9-11-7-8-17(15(4,5)6)10-12(11)16-13/h7-10H2,1-6H3. The molecule has 2 heterocycles. The molecule has 0 aromatic carbocycles. The van der Waals surface area contributed by atoms with Crippen LogP contribution in [0.4, 0.5) is 0 Å². The predicted octanol–water partition coefficient (Wildman–Crippen LogP) is 3.64. The summed E-state index contributed by atoms with van der Waals surface area (Å²) in [6.45, 7) is 15.9. The summed E-state index contributed by atoms with van der Waals surface area (Å²) in [5, 5.41) is 0. The first kappa shape index (κ1) is 12.8. The third kappa shape index (κ3) is 2.62. The van der Waals surface area contributed by atoms with E-state index in [0.29, 0.717) is 0 Å². The van der Waals surface area contributed by atoms with Gasteiger partial charge in [0, 0.05) is 36.2 Å². The van der Waals surface area contributed by atoms with E-state index >= 15 is 0 Å². The van der Waals surface area contributed by atoms with Gasteiger partial charge in [-0.05, 0) is 32.8 Å². The summed E-state index contributed by atoms with van der Waals surface area (Å²) < 4.78 is 0. The highest BCUT2D eigenvalue weighted by Crippen LogP contribution is 2.35. The summed E-state index contributed by atoms with van der Waals surface area (Å²) in [4.78, 5) is 7.44. The molecule has 0 saturated heterocycles. The number of rotatable bonds is 0. The molecule has 0 unspecified atom stereocenters. The summed E-state index contributed by atoms with van der Waals surface area (Å²) >= 11 is 0.